The van der Waals surface area contributed by atoms with Gasteiger partial charge in [-0.3, -0.25) is 0 Å². The molecule has 98 valence electrons. The maximum atomic E-state index is 10.1. The molecule has 2 nitrogen and oxygen atoms in total. The van der Waals surface area contributed by atoms with E-state index in [2.05, 4.69) is 36.4 Å². The Morgan fingerprint density at radius 2 is 1.58 bits per heavy atom. The second kappa shape index (κ2) is 4.80. The Balaban J connectivity index is 1.91. The Kier molecular flexibility index (Phi) is 3.13. The molecule has 19 heavy (non-hydrogen) atoms. The van der Waals surface area contributed by atoms with Crippen molar-refractivity contribution in [2.75, 3.05) is 0 Å². The number of aliphatic hydroxyl groups is 1. The third-order valence-corrected chi connectivity index (χ3v) is 4.19. The topological polar surface area (TPSA) is 46.2 Å². The minimum Gasteiger partial charge on any atom is -0.391 e. The molecular weight excluding hydrogens is 234 g/mol. The van der Waals surface area contributed by atoms with Crippen LogP contribution in [-0.2, 0) is 5.54 Å². The summed E-state index contributed by atoms with van der Waals surface area (Å²) in [6, 6.07) is 18.6. The molecule has 0 saturated heterocycles. The largest absolute Gasteiger partial charge is 0.391 e. The van der Waals surface area contributed by atoms with Gasteiger partial charge in [0.2, 0.25) is 0 Å². The number of benzene rings is 2. The zero-order chi connectivity index (χ0) is 13.3. The van der Waals surface area contributed by atoms with E-state index in [4.69, 9.17) is 5.73 Å². The Morgan fingerprint density at radius 3 is 2.16 bits per heavy atom. The van der Waals surface area contributed by atoms with Gasteiger partial charge in [-0.05, 0) is 36.0 Å². The number of rotatable bonds is 2. The molecule has 3 rings (SSSR count). The lowest BCUT2D eigenvalue weighted by Gasteiger charge is -2.28. The van der Waals surface area contributed by atoms with Crippen LogP contribution in [0.2, 0.25) is 0 Å². The lowest BCUT2D eigenvalue weighted by molar-refractivity contribution is 0.109. The third-order valence-electron chi connectivity index (χ3n) is 4.19. The van der Waals surface area contributed by atoms with E-state index in [-0.39, 0.29) is 0 Å². The summed E-state index contributed by atoms with van der Waals surface area (Å²) >= 11 is 0. The zero-order valence-corrected chi connectivity index (χ0v) is 10.9. The first kappa shape index (κ1) is 12.4. The highest BCUT2D eigenvalue weighted by molar-refractivity contribution is 5.63. The van der Waals surface area contributed by atoms with E-state index in [0.717, 1.165) is 24.8 Å². The predicted molar refractivity (Wildman–Crippen MR) is 77.6 cm³/mol. The van der Waals surface area contributed by atoms with Gasteiger partial charge in [0, 0.05) is 0 Å². The normalized spacial score (nSPS) is 26.5. The minimum absolute atomic E-state index is 0.421. The second-order valence-corrected chi connectivity index (χ2v) is 5.39. The average Bonchev–Trinajstić information content (AvgIpc) is 2.81. The molecular formula is C17H19NO. The molecule has 0 aliphatic heterocycles. The van der Waals surface area contributed by atoms with E-state index < -0.39 is 11.6 Å². The molecule has 1 saturated carbocycles. The standard InChI is InChI=1S/C17H19NO/c18-17(12-4-7-16(17)19)15-10-8-14(9-11-15)13-5-2-1-3-6-13/h1-3,5-6,8-11,16,19H,4,7,12,18H2/t16-,17+/m0/s1. The van der Waals surface area contributed by atoms with Crippen LogP contribution in [0.25, 0.3) is 11.1 Å². The molecule has 0 bridgehead atoms. The van der Waals surface area contributed by atoms with Gasteiger partial charge in [0.25, 0.3) is 0 Å². The van der Waals surface area contributed by atoms with Crippen molar-refractivity contribution in [2.45, 2.75) is 30.9 Å². The molecule has 0 aromatic heterocycles. The second-order valence-electron chi connectivity index (χ2n) is 5.39. The molecule has 2 aromatic rings. The van der Waals surface area contributed by atoms with Crippen LogP contribution in [0, 0.1) is 0 Å². The van der Waals surface area contributed by atoms with Crippen LogP contribution >= 0.6 is 0 Å². The fraction of sp³-hybridized carbons (Fsp3) is 0.294. The summed E-state index contributed by atoms with van der Waals surface area (Å²) < 4.78 is 0. The molecule has 1 aliphatic rings. The quantitative estimate of drug-likeness (QED) is 0.864. The highest BCUT2D eigenvalue weighted by Crippen LogP contribution is 2.37. The maximum Gasteiger partial charge on any atom is 0.0761 e. The first-order valence-electron chi connectivity index (χ1n) is 6.83. The summed E-state index contributed by atoms with van der Waals surface area (Å²) in [5.41, 5.74) is 9.22. The van der Waals surface area contributed by atoms with Crippen LogP contribution in [-0.4, -0.2) is 11.2 Å². The first-order valence-corrected chi connectivity index (χ1v) is 6.83. The van der Waals surface area contributed by atoms with Gasteiger partial charge >= 0.3 is 0 Å². The molecule has 1 aliphatic carbocycles. The van der Waals surface area contributed by atoms with Gasteiger partial charge in [-0.2, -0.15) is 0 Å². The molecule has 0 unspecified atom stereocenters. The summed E-state index contributed by atoms with van der Waals surface area (Å²) in [6.07, 6.45) is 2.24. The van der Waals surface area contributed by atoms with E-state index in [1.54, 1.807) is 0 Å². The summed E-state index contributed by atoms with van der Waals surface area (Å²) in [7, 11) is 0. The summed E-state index contributed by atoms with van der Waals surface area (Å²) in [5.74, 6) is 0. The van der Waals surface area contributed by atoms with Crippen molar-refractivity contribution in [2.24, 2.45) is 5.73 Å². The van der Waals surface area contributed by atoms with Gasteiger partial charge < -0.3 is 10.8 Å². The Morgan fingerprint density at radius 1 is 0.947 bits per heavy atom. The molecule has 1 fully saturated rings. The molecule has 2 aromatic carbocycles. The Labute approximate surface area is 113 Å². The molecule has 0 spiro atoms. The van der Waals surface area contributed by atoms with Crippen LogP contribution < -0.4 is 5.73 Å². The monoisotopic (exact) mass is 253 g/mol. The van der Waals surface area contributed by atoms with Gasteiger partial charge in [0.15, 0.2) is 0 Å². The van der Waals surface area contributed by atoms with E-state index in [1.165, 1.54) is 11.1 Å². The van der Waals surface area contributed by atoms with Crippen molar-refractivity contribution < 1.29 is 5.11 Å². The maximum absolute atomic E-state index is 10.1. The van der Waals surface area contributed by atoms with E-state index in [0.29, 0.717) is 0 Å². The first-order chi connectivity index (χ1) is 9.20. The Bertz CT molecular complexity index is 549. The molecule has 0 amide bonds. The Hall–Kier alpha value is -1.64. The van der Waals surface area contributed by atoms with Crippen molar-refractivity contribution in [3.8, 4) is 11.1 Å². The van der Waals surface area contributed by atoms with E-state index >= 15 is 0 Å². The van der Waals surface area contributed by atoms with Gasteiger partial charge in [-0.1, -0.05) is 54.6 Å². The van der Waals surface area contributed by atoms with Gasteiger partial charge in [0.05, 0.1) is 11.6 Å². The number of hydrogen-bond donors (Lipinski definition) is 2. The van der Waals surface area contributed by atoms with Crippen molar-refractivity contribution in [3.05, 3.63) is 60.2 Å². The number of aliphatic hydroxyl groups excluding tert-OH is 1. The van der Waals surface area contributed by atoms with Gasteiger partial charge in [-0.15, -0.1) is 0 Å². The molecule has 2 heteroatoms. The van der Waals surface area contributed by atoms with Crippen molar-refractivity contribution in [1.29, 1.82) is 0 Å². The van der Waals surface area contributed by atoms with E-state index in [1.807, 2.05) is 18.2 Å². The van der Waals surface area contributed by atoms with Crippen molar-refractivity contribution in [1.82, 2.24) is 0 Å². The van der Waals surface area contributed by atoms with Gasteiger partial charge in [-0.25, -0.2) is 0 Å². The van der Waals surface area contributed by atoms with Crippen LogP contribution in [0.4, 0.5) is 0 Å². The fourth-order valence-corrected chi connectivity index (χ4v) is 2.95. The predicted octanol–water partition coefficient (Wildman–Crippen LogP) is 3.05. The number of hydrogen-bond acceptors (Lipinski definition) is 2. The van der Waals surface area contributed by atoms with Gasteiger partial charge in [0.1, 0.15) is 0 Å². The smallest absolute Gasteiger partial charge is 0.0761 e. The SMILES string of the molecule is N[C@@]1(c2ccc(-c3ccccc3)cc2)CCC[C@@H]1O. The lowest BCUT2D eigenvalue weighted by Crippen LogP contribution is -2.43. The molecule has 2 atom stereocenters. The van der Waals surface area contributed by atoms with Crippen LogP contribution in [0.5, 0.6) is 0 Å². The third kappa shape index (κ3) is 2.18. The number of nitrogens with two attached hydrogens (primary N) is 1. The summed E-state index contributed by atoms with van der Waals surface area (Å²) in [6.45, 7) is 0. The van der Waals surface area contributed by atoms with Crippen molar-refractivity contribution >= 4 is 0 Å². The minimum atomic E-state index is -0.560. The van der Waals surface area contributed by atoms with Crippen LogP contribution in [0.3, 0.4) is 0 Å². The van der Waals surface area contributed by atoms with E-state index in [9.17, 15) is 5.11 Å². The summed E-state index contributed by atoms with van der Waals surface area (Å²) in [5, 5.41) is 10.1. The van der Waals surface area contributed by atoms with Crippen LogP contribution in [0.1, 0.15) is 24.8 Å². The molecule has 0 heterocycles. The lowest BCUT2D eigenvalue weighted by atomic mass is 9.86. The van der Waals surface area contributed by atoms with Crippen molar-refractivity contribution in [3.63, 3.8) is 0 Å². The highest BCUT2D eigenvalue weighted by atomic mass is 16.3. The summed E-state index contributed by atoms with van der Waals surface area (Å²) in [4.78, 5) is 0. The average molecular weight is 253 g/mol. The molecule has 3 N–H and O–H groups in total. The highest BCUT2D eigenvalue weighted by Gasteiger charge is 2.39. The zero-order valence-electron chi connectivity index (χ0n) is 10.9. The molecule has 0 radical (unpaired) electrons. The van der Waals surface area contributed by atoms with Crippen LogP contribution in [0.15, 0.2) is 54.6 Å². The fourth-order valence-electron chi connectivity index (χ4n) is 2.95.